The highest BCUT2D eigenvalue weighted by atomic mass is 127. The van der Waals surface area contributed by atoms with Gasteiger partial charge in [0.25, 0.3) is 5.91 Å². The average molecular weight is 409 g/mol. The second-order valence-electron chi connectivity index (χ2n) is 4.42. The fourth-order valence-corrected chi connectivity index (χ4v) is 2.34. The van der Waals surface area contributed by atoms with Crippen molar-refractivity contribution in [1.29, 1.82) is 0 Å². The second kappa shape index (κ2) is 5.66. The van der Waals surface area contributed by atoms with E-state index >= 15 is 0 Å². The van der Waals surface area contributed by atoms with Gasteiger partial charge in [-0.05, 0) is 53.8 Å². The Kier molecular flexibility index (Phi) is 4.26. The second-order valence-corrected chi connectivity index (χ2v) is 5.44. The summed E-state index contributed by atoms with van der Waals surface area (Å²) in [5.41, 5.74) is 0.169. The Bertz CT molecular complexity index is 677. The number of halogens is 4. The molecule has 0 aliphatic carbocycles. The average Bonchev–Trinajstić information content (AvgIpc) is 2.64. The molecule has 0 radical (unpaired) electrons. The number of aryl methyl sites for hydroxylation is 1. The van der Waals surface area contributed by atoms with Crippen molar-refractivity contribution in [2.45, 2.75) is 13.1 Å². The number of aromatic nitrogens is 2. The van der Waals surface area contributed by atoms with E-state index in [1.54, 1.807) is 14.0 Å². The van der Waals surface area contributed by atoms with Gasteiger partial charge in [0, 0.05) is 18.2 Å². The fourth-order valence-electron chi connectivity index (χ4n) is 1.76. The molecular weight excluding hydrogens is 398 g/mol. The highest BCUT2D eigenvalue weighted by Crippen LogP contribution is 2.29. The first kappa shape index (κ1) is 15.8. The zero-order valence-corrected chi connectivity index (χ0v) is 13.3. The fraction of sp³-hybridized carbons (Fsp3) is 0.231. The van der Waals surface area contributed by atoms with E-state index in [1.165, 1.54) is 4.68 Å². The minimum Gasteiger partial charge on any atom is -0.307 e. The maximum Gasteiger partial charge on any atom is 0.416 e. The highest BCUT2D eigenvalue weighted by Gasteiger charge is 2.30. The molecule has 112 valence electrons. The van der Waals surface area contributed by atoms with Crippen molar-refractivity contribution in [3.05, 3.63) is 44.7 Å². The van der Waals surface area contributed by atoms with Crippen LogP contribution in [0, 0.1) is 10.6 Å². The molecule has 1 aromatic heterocycles. The molecule has 2 aromatic rings. The van der Waals surface area contributed by atoms with Crippen LogP contribution in [0.25, 0.3) is 0 Å². The molecule has 4 nitrogen and oxygen atoms in total. The van der Waals surface area contributed by atoms with Crippen molar-refractivity contribution in [3.63, 3.8) is 0 Å². The SMILES string of the molecule is Cc1c(I)nn(C)c1NC(=O)c1ccc(C(F)(F)F)cc1. The standard InChI is InChI=1S/C13H11F3IN3O/c1-7-10(17)19-20(2)11(7)18-12(21)8-3-5-9(6-4-8)13(14,15)16/h3-6H,1-2H3,(H,18,21). The number of alkyl halides is 3. The third kappa shape index (κ3) is 3.36. The zero-order chi connectivity index (χ0) is 15.8. The van der Waals surface area contributed by atoms with Crippen LogP contribution < -0.4 is 5.32 Å². The lowest BCUT2D eigenvalue weighted by Gasteiger charge is -2.09. The predicted octanol–water partition coefficient (Wildman–Crippen LogP) is 3.60. The van der Waals surface area contributed by atoms with E-state index in [-0.39, 0.29) is 5.56 Å². The van der Waals surface area contributed by atoms with Gasteiger partial charge in [0.2, 0.25) is 0 Å². The Labute approximate surface area is 132 Å². The molecule has 2 rings (SSSR count). The number of anilines is 1. The molecule has 8 heteroatoms. The van der Waals surface area contributed by atoms with E-state index in [1.807, 2.05) is 22.6 Å². The molecule has 1 amide bonds. The molecule has 1 aromatic carbocycles. The van der Waals surface area contributed by atoms with Crippen molar-refractivity contribution in [2.75, 3.05) is 5.32 Å². The lowest BCUT2D eigenvalue weighted by Crippen LogP contribution is -2.15. The zero-order valence-electron chi connectivity index (χ0n) is 11.1. The van der Waals surface area contributed by atoms with Crippen molar-refractivity contribution in [2.24, 2.45) is 7.05 Å². The van der Waals surface area contributed by atoms with Crippen molar-refractivity contribution in [3.8, 4) is 0 Å². The Balaban J connectivity index is 2.21. The summed E-state index contributed by atoms with van der Waals surface area (Å²) in [6, 6.07) is 4.06. The number of hydrogen-bond acceptors (Lipinski definition) is 2. The normalized spacial score (nSPS) is 11.5. The van der Waals surface area contributed by atoms with Crippen molar-refractivity contribution >= 4 is 34.3 Å². The van der Waals surface area contributed by atoms with Gasteiger partial charge in [-0.2, -0.15) is 18.3 Å². The van der Waals surface area contributed by atoms with Gasteiger partial charge in [0.1, 0.15) is 9.52 Å². The Morgan fingerprint density at radius 1 is 1.29 bits per heavy atom. The summed E-state index contributed by atoms with van der Waals surface area (Å²) < 4.78 is 39.7. The van der Waals surface area contributed by atoms with Crippen molar-refractivity contribution in [1.82, 2.24) is 9.78 Å². The first-order chi connectivity index (χ1) is 9.70. The number of hydrogen-bond donors (Lipinski definition) is 1. The summed E-state index contributed by atoms with van der Waals surface area (Å²) in [4.78, 5) is 12.1. The van der Waals surface area contributed by atoms with Crippen LogP contribution in [-0.4, -0.2) is 15.7 Å². The van der Waals surface area contributed by atoms with Crippen LogP contribution in [0.3, 0.4) is 0 Å². The first-order valence-corrected chi connectivity index (χ1v) is 6.95. The maximum atomic E-state index is 12.5. The van der Waals surface area contributed by atoms with Gasteiger partial charge in [0.05, 0.1) is 5.56 Å². The summed E-state index contributed by atoms with van der Waals surface area (Å²) in [5.74, 6) is 0.0375. The van der Waals surface area contributed by atoms with Crippen molar-refractivity contribution < 1.29 is 18.0 Å². The summed E-state index contributed by atoms with van der Waals surface area (Å²) in [6.45, 7) is 1.80. The number of nitrogens with one attached hydrogen (secondary N) is 1. The molecule has 0 saturated carbocycles. The molecule has 1 heterocycles. The van der Waals surface area contributed by atoms with Gasteiger partial charge in [0.15, 0.2) is 0 Å². The van der Waals surface area contributed by atoms with Crippen LogP contribution in [0.1, 0.15) is 21.5 Å². The predicted molar refractivity (Wildman–Crippen MR) is 80.1 cm³/mol. The van der Waals surface area contributed by atoms with Gasteiger partial charge in [-0.15, -0.1) is 0 Å². The van der Waals surface area contributed by atoms with Crippen LogP contribution in [0.15, 0.2) is 24.3 Å². The number of benzene rings is 1. The quantitative estimate of drug-likeness (QED) is 0.771. The number of nitrogens with zero attached hydrogens (tertiary/aromatic N) is 2. The highest BCUT2D eigenvalue weighted by molar-refractivity contribution is 14.1. The molecule has 0 aliphatic heterocycles. The van der Waals surface area contributed by atoms with E-state index in [0.29, 0.717) is 5.82 Å². The molecule has 0 atom stereocenters. The molecule has 0 bridgehead atoms. The number of rotatable bonds is 2. The van der Waals surface area contributed by atoms with Gasteiger partial charge >= 0.3 is 6.18 Å². The Morgan fingerprint density at radius 2 is 1.86 bits per heavy atom. The molecule has 0 spiro atoms. The molecule has 0 fully saturated rings. The summed E-state index contributed by atoms with van der Waals surface area (Å²) >= 11 is 2.04. The molecular formula is C13H11F3IN3O. The summed E-state index contributed by atoms with van der Waals surface area (Å²) in [7, 11) is 1.68. The number of amides is 1. The number of carbonyl (C=O) groups excluding carboxylic acids is 1. The molecule has 0 saturated heterocycles. The van der Waals surface area contributed by atoms with E-state index in [4.69, 9.17) is 0 Å². The number of carbonyl (C=O) groups is 1. The first-order valence-electron chi connectivity index (χ1n) is 5.88. The van der Waals surface area contributed by atoms with E-state index in [2.05, 4.69) is 10.4 Å². The molecule has 1 N–H and O–H groups in total. The Hall–Kier alpha value is -1.58. The molecule has 0 aliphatic rings. The Morgan fingerprint density at radius 3 is 2.29 bits per heavy atom. The lowest BCUT2D eigenvalue weighted by molar-refractivity contribution is -0.137. The van der Waals surface area contributed by atoms with Gasteiger partial charge in [-0.25, -0.2) is 0 Å². The monoisotopic (exact) mass is 409 g/mol. The maximum absolute atomic E-state index is 12.5. The minimum atomic E-state index is -4.41. The molecule has 0 unspecified atom stereocenters. The van der Waals surface area contributed by atoms with E-state index in [0.717, 1.165) is 33.5 Å². The van der Waals surface area contributed by atoms with Gasteiger partial charge in [-0.3, -0.25) is 9.48 Å². The summed E-state index contributed by atoms with van der Waals surface area (Å²) in [6.07, 6.45) is -4.41. The van der Waals surface area contributed by atoms with E-state index < -0.39 is 17.6 Å². The van der Waals surface area contributed by atoms with Crippen LogP contribution in [-0.2, 0) is 13.2 Å². The third-order valence-electron chi connectivity index (χ3n) is 2.93. The van der Waals surface area contributed by atoms with Gasteiger partial charge < -0.3 is 5.32 Å². The van der Waals surface area contributed by atoms with Crippen LogP contribution in [0.5, 0.6) is 0 Å². The lowest BCUT2D eigenvalue weighted by atomic mass is 10.1. The largest absolute Gasteiger partial charge is 0.416 e. The summed E-state index contributed by atoms with van der Waals surface area (Å²) in [5, 5.41) is 6.79. The van der Waals surface area contributed by atoms with E-state index in [9.17, 15) is 18.0 Å². The smallest absolute Gasteiger partial charge is 0.307 e. The van der Waals surface area contributed by atoms with Crippen LogP contribution >= 0.6 is 22.6 Å². The van der Waals surface area contributed by atoms with Crippen LogP contribution in [0.2, 0.25) is 0 Å². The third-order valence-corrected chi connectivity index (χ3v) is 3.96. The molecule has 21 heavy (non-hydrogen) atoms. The minimum absolute atomic E-state index is 0.151. The van der Waals surface area contributed by atoms with Crippen LogP contribution in [0.4, 0.5) is 19.0 Å². The van der Waals surface area contributed by atoms with Gasteiger partial charge in [-0.1, -0.05) is 0 Å². The topological polar surface area (TPSA) is 46.9 Å².